The topological polar surface area (TPSA) is 101 Å². The largest absolute Gasteiger partial charge is 0.507 e. The van der Waals surface area contributed by atoms with Crippen molar-refractivity contribution in [2.24, 2.45) is 0 Å². The minimum absolute atomic E-state index is 0.0481. The van der Waals surface area contributed by atoms with Crippen LogP contribution < -0.4 is 4.90 Å². The number of hydrogen-bond acceptors (Lipinski definition) is 6. The molecule has 1 aliphatic heterocycles. The zero-order chi connectivity index (χ0) is 20.3. The number of hydrogen-bond donors (Lipinski definition) is 1. The van der Waals surface area contributed by atoms with E-state index in [9.17, 15) is 23.1 Å². The summed E-state index contributed by atoms with van der Waals surface area (Å²) in [7, 11) is -3.38. The van der Waals surface area contributed by atoms with Gasteiger partial charge in [-0.25, -0.2) is 13.2 Å². The van der Waals surface area contributed by atoms with Crippen molar-refractivity contribution in [1.82, 2.24) is 0 Å². The fraction of sp³-hybridized carbons (Fsp3) is 0.200. The van der Waals surface area contributed by atoms with Gasteiger partial charge in [0.15, 0.2) is 16.4 Å². The Hall–Kier alpha value is -3.13. The molecule has 2 aromatic carbocycles. The Bertz CT molecular complexity index is 1030. The van der Waals surface area contributed by atoms with Crippen molar-refractivity contribution in [3.63, 3.8) is 0 Å². The van der Waals surface area contributed by atoms with Crippen LogP contribution in [0.5, 0.6) is 5.75 Å². The molecule has 0 spiro atoms. The summed E-state index contributed by atoms with van der Waals surface area (Å²) in [6, 6.07) is 12.3. The highest BCUT2D eigenvalue weighted by Crippen LogP contribution is 2.23. The number of phenolic OH excluding ortho intramolecular Hbond substituents is 1. The molecule has 1 amide bonds. The minimum atomic E-state index is -3.38. The molecule has 1 aliphatic rings. The van der Waals surface area contributed by atoms with Gasteiger partial charge in [0.05, 0.1) is 11.8 Å². The molecule has 1 atom stereocenters. The van der Waals surface area contributed by atoms with Crippen LogP contribution in [0.15, 0.2) is 60.0 Å². The molecule has 1 N–H and O–H groups in total. The SMILES string of the molecule is Cc1ccc(C(=O)OCC(=O)N(c2ccccc2)[C@H]2C=CS(=O)(=O)C2)c(O)c1. The number of esters is 1. The van der Waals surface area contributed by atoms with E-state index in [0.717, 1.165) is 11.0 Å². The number of amides is 1. The number of ether oxygens (including phenoxy) is 1. The van der Waals surface area contributed by atoms with E-state index in [-0.39, 0.29) is 17.1 Å². The second-order valence-electron chi connectivity index (χ2n) is 6.42. The Morgan fingerprint density at radius 3 is 2.50 bits per heavy atom. The number of phenols is 1. The number of aryl methyl sites for hydroxylation is 1. The smallest absolute Gasteiger partial charge is 0.342 e. The monoisotopic (exact) mass is 401 g/mol. The predicted octanol–water partition coefficient (Wildman–Crippen LogP) is 2.20. The predicted molar refractivity (Wildman–Crippen MR) is 104 cm³/mol. The standard InChI is InChI=1S/C20H19NO6S/c1-14-7-8-17(18(22)11-14)20(24)27-12-19(23)21(15-5-3-2-4-6-15)16-9-10-28(25,26)13-16/h2-11,16,22H,12-13H2,1H3/t16-/m0/s1. The highest BCUT2D eigenvalue weighted by Gasteiger charge is 2.32. The van der Waals surface area contributed by atoms with Gasteiger partial charge < -0.3 is 14.7 Å². The third-order valence-corrected chi connectivity index (χ3v) is 5.62. The highest BCUT2D eigenvalue weighted by atomic mass is 32.2. The van der Waals surface area contributed by atoms with Gasteiger partial charge in [-0.1, -0.05) is 24.3 Å². The maximum absolute atomic E-state index is 12.8. The van der Waals surface area contributed by atoms with Crippen LogP contribution in [0.1, 0.15) is 15.9 Å². The number of nitrogens with zero attached hydrogens (tertiary/aromatic N) is 1. The van der Waals surface area contributed by atoms with Gasteiger partial charge in [-0.3, -0.25) is 4.79 Å². The molecule has 7 nitrogen and oxygen atoms in total. The number of para-hydroxylation sites is 1. The maximum Gasteiger partial charge on any atom is 0.342 e. The first-order valence-electron chi connectivity index (χ1n) is 8.51. The maximum atomic E-state index is 12.8. The summed E-state index contributed by atoms with van der Waals surface area (Å²) < 4.78 is 28.6. The second kappa shape index (κ2) is 7.85. The zero-order valence-electron chi connectivity index (χ0n) is 15.1. The number of aromatic hydroxyl groups is 1. The number of carbonyl (C=O) groups is 2. The van der Waals surface area contributed by atoms with Crippen LogP contribution in [0.3, 0.4) is 0 Å². The van der Waals surface area contributed by atoms with Crippen molar-refractivity contribution < 1.29 is 27.9 Å². The van der Waals surface area contributed by atoms with E-state index in [2.05, 4.69) is 0 Å². The van der Waals surface area contributed by atoms with Gasteiger partial charge >= 0.3 is 5.97 Å². The molecule has 0 radical (unpaired) electrons. The molecule has 0 aromatic heterocycles. The molecule has 3 rings (SSSR count). The lowest BCUT2D eigenvalue weighted by Crippen LogP contribution is -2.43. The average Bonchev–Trinajstić information content (AvgIpc) is 3.00. The molecule has 0 aliphatic carbocycles. The van der Waals surface area contributed by atoms with Gasteiger partial charge in [0.25, 0.3) is 5.91 Å². The first kappa shape index (κ1) is 19.6. The molecular weight excluding hydrogens is 382 g/mol. The molecular formula is C20H19NO6S. The summed E-state index contributed by atoms with van der Waals surface area (Å²) in [5, 5.41) is 11.0. The molecule has 8 heteroatoms. The second-order valence-corrected chi connectivity index (χ2v) is 8.35. The Morgan fingerprint density at radius 2 is 1.89 bits per heavy atom. The molecule has 28 heavy (non-hydrogen) atoms. The van der Waals surface area contributed by atoms with Crippen molar-refractivity contribution in [3.05, 3.63) is 71.1 Å². The Balaban J connectivity index is 1.76. The fourth-order valence-corrected chi connectivity index (χ4v) is 4.19. The first-order chi connectivity index (χ1) is 13.3. The Kier molecular flexibility index (Phi) is 5.51. The van der Waals surface area contributed by atoms with Gasteiger partial charge in [-0.15, -0.1) is 0 Å². The van der Waals surface area contributed by atoms with Crippen molar-refractivity contribution in [2.45, 2.75) is 13.0 Å². The lowest BCUT2D eigenvalue weighted by molar-refractivity contribution is -0.121. The van der Waals surface area contributed by atoms with E-state index in [4.69, 9.17) is 4.74 Å². The van der Waals surface area contributed by atoms with Crippen LogP contribution in [0.25, 0.3) is 0 Å². The van der Waals surface area contributed by atoms with E-state index in [1.54, 1.807) is 43.3 Å². The number of anilines is 1. The van der Waals surface area contributed by atoms with Gasteiger partial charge in [-0.05, 0) is 42.8 Å². The molecule has 1 heterocycles. The van der Waals surface area contributed by atoms with E-state index in [1.807, 2.05) is 0 Å². The third-order valence-electron chi connectivity index (χ3n) is 4.25. The molecule has 146 valence electrons. The fourth-order valence-electron chi connectivity index (χ4n) is 2.92. The number of benzene rings is 2. The zero-order valence-corrected chi connectivity index (χ0v) is 15.9. The summed E-state index contributed by atoms with van der Waals surface area (Å²) in [6.07, 6.45) is 1.44. The molecule has 0 saturated carbocycles. The molecule has 0 saturated heterocycles. The third kappa shape index (κ3) is 4.40. The number of carbonyl (C=O) groups excluding carboxylic acids is 2. The average molecular weight is 401 g/mol. The van der Waals surface area contributed by atoms with E-state index in [1.165, 1.54) is 23.1 Å². The van der Waals surface area contributed by atoms with Crippen molar-refractivity contribution in [2.75, 3.05) is 17.3 Å². The van der Waals surface area contributed by atoms with Crippen LogP contribution in [-0.2, 0) is 19.4 Å². The molecule has 0 unspecified atom stereocenters. The summed E-state index contributed by atoms with van der Waals surface area (Å²) in [5.74, 6) is -1.88. The summed E-state index contributed by atoms with van der Waals surface area (Å²) in [4.78, 5) is 26.3. The minimum Gasteiger partial charge on any atom is -0.507 e. The van der Waals surface area contributed by atoms with Crippen molar-refractivity contribution in [1.29, 1.82) is 0 Å². The van der Waals surface area contributed by atoms with Crippen molar-refractivity contribution in [3.8, 4) is 5.75 Å². The van der Waals surface area contributed by atoms with Crippen LogP contribution in [0.2, 0.25) is 0 Å². The van der Waals surface area contributed by atoms with Gasteiger partial charge in [0, 0.05) is 11.1 Å². The van der Waals surface area contributed by atoms with Crippen LogP contribution >= 0.6 is 0 Å². The number of rotatable bonds is 5. The van der Waals surface area contributed by atoms with Gasteiger partial charge in [0.1, 0.15) is 11.3 Å². The summed E-state index contributed by atoms with van der Waals surface area (Å²) in [6.45, 7) is 1.17. The lowest BCUT2D eigenvalue weighted by Gasteiger charge is -2.27. The lowest BCUT2D eigenvalue weighted by atomic mass is 10.1. The van der Waals surface area contributed by atoms with E-state index in [0.29, 0.717) is 5.69 Å². The Labute approximate surface area is 162 Å². The van der Waals surface area contributed by atoms with Crippen LogP contribution in [0.4, 0.5) is 5.69 Å². The molecule has 0 bridgehead atoms. The molecule has 0 fully saturated rings. The van der Waals surface area contributed by atoms with Gasteiger partial charge in [0.2, 0.25) is 0 Å². The van der Waals surface area contributed by atoms with Gasteiger partial charge in [-0.2, -0.15) is 0 Å². The van der Waals surface area contributed by atoms with E-state index >= 15 is 0 Å². The number of sulfone groups is 1. The highest BCUT2D eigenvalue weighted by molar-refractivity contribution is 7.94. The first-order valence-corrected chi connectivity index (χ1v) is 10.2. The quantitative estimate of drug-likeness (QED) is 0.771. The van der Waals surface area contributed by atoms with Crippen LogP contribution in [0, 0.1) is 6.92 Å². The van der Waals surface area contributed by atoms with Crippen molar-refractivity contribution >= 4 is 27.4 Å². The Morgan fingerprint density at radius 1 is 1.18 bits per heavy atom. The summed E-state index contributed by atoms with van der Waals surface area (Å²) in [5.41, 5.74) is 1.22. The van der Waals surface area contributed by atoms with E-state index < -0.39 is 34.4 Å². The van der Waals surface area contributed by atoms with Crippen LogP contribution in [-0.4, -0.2) is 43.8 Å². The normalized spacial score (nSPS) is 17.2. The molecule has 2 aromatic rings. The summed E-state index contributed by atoms with van der Waals surface area (Å²) >= 11 is 0.